The number of hydrogen-bond donors (Lipinski definition) is 1. The lowest BCUT2D eigenvalue weighted by atomic mass is 10.1. The Morgan fingerprint density at radius 1 is 0.545 bits per heavy atom. The Hall–Kier alpha value is -4.86. The summed E-state index contributed by atoms with van der Waals surface area (Å²) in [5, 5.41) is 8.75. The van der Waals surface area contributed by atoms with Crippen molar-refractivity contribution in [2.24, 2.45) is 0 Å². The molecule has 0 atom stereocenters. The molecule has 0 radical (unpaired) electrons. The molecule has 0 fully saturated rings. The smallest absolute Gasteiger partial charge is 0.335 e. The SMILES string of the molecule is O=C(O)c1ccc(C#Cc2ccccc2)cc1.O=Cc1ccc(C#Cc2ccccc2)cc1. The molecule has 4 aromatic carbocycles. The first-order valence-corrected chi connectivity index (χ1v) is 10.2. The Balaban J connectivity index is 0.000000186. The van der Waals surface area contributed by atoms with Crippen LogP contribution in [0, 0.1) is 23.7 Å². The fraction of sp³-hybridized carbons (Fsp3) is 0. The minimum absolute atomic E-state index is 0.273. The third kappa shape index (κ3) is 7.72. The zero-order valence-electron chi connectivity index (χ0n) is 17.7. The van der Waals surface area contributed by atoms with Gasteiger partial charge in [-0.3, -0.25) is 4.79 Å². The minimum atomic E-state index is -0.924. The van der Waals surface area contributed by atoms with Crippen molar-refractivity contribution in [3.63, 3.8) is 0 Å². The summed E-state index contributed by atoms with van der Waals surface area (Å²) < 4.78 is 0. The van der Waals surface area contributed by atoms with Crippen LogP contribution in [-0.2, 0) is 0 Å². The van der Waals surface area contributed by atoms with E-state index in [4.69, 9.17) is 5.11 Å². The maximum Gasteiger partial charge on any atom is 0.335 e. The number of aromatic carboxylic acids is 1. The van der Waals surface area contributed by atoms with Gasteiger partial charge in [-0.2, -0.15) is 0 Å². The van der Waals surface area contributed by atoms with Gasteiger partial charge in [0.05, 0.1) is 5.56 Å². The molecule has 0 aliphatic rings. The fourth-order valence-corrected chi connectivity index (χ4v) is 2.67. The zero-order chi connectivity index (χ0) is 23.3. The molecule has 3 heteroatoms. The lowest BCUT2D eigenvalue weighted by Gasteiger charge is -1.93. The van der Waals surface area contributed by atoms with E-state index in [0.717, 1.165) is 28.5 Å². The van der Waals surface area contributed by atoms with Crippen LogP contribution in [0.2, 0.25) is 0 Å². The number of carboxylic acid groups (broad SMARTS) is 1. The molecule has 1 N–H and O–H groups in total. The molecule has 0 aliphatic carbocycles. The van der Waals surface area contributed by atoms with Crippen molar-refractivity contribution in [2.75, 3.05) is 0 Å². The van der Waals surface area contributed by atoms with Crippen LogP contribution >= 0.6 is 0 Å². The van der Waals surface area contributed by atoms with Crippen molar-refractivity contribution in [3.8, 4) is 23.7 Å². The lowest BCUT2D eigenvalue weighted by molar-refractivity contribution is 0.0696. The Morgan fingerprint density at radius 2 is 0.909 bits per heavy atom. The standard InChI is InChI=1S/C15H10O2.C15H10O/c16-15(17)14-10-8-13(9-11-14)7-6-12-4-2-1-3-5-12;16-12-15-10-8-14(9-11-15)7-6-13-4-2-1-3-5-13/h1-5,8-11H,(H,16,17);1-5,8-12H. The van der Waals surface area contributed by atoms with Gasteiger partial charge in [0.25, 0.3) is 0 Å². The first kappa shape index (κ1) is 22.8. The second-order valence-corrected chi connectivity index (χ2v) is 6.85. The van der Waals surface area contributed by atoms with Gasteiger partial charge >= 0.3 is 5.97 Å². The molecule has 0 aromatic heterocycles. The predicted octanol–water partition coefficient (Wildman–Crippen LogP) is 5.68. The van der Waals surface area contributed by atoms with Crippen LogP contribution in [0.25, 0.3) is 0 Å². The first-order valence-electron chi connectivity index (χ1n) is 10.2. The van der Waals surface area contributed by atoms with Crippen LogP contribution in [0.4, 0.5) is 0 Å². The van der Waals surface area contributed by atoms with E-state index in [1.165, 1.54) is 0 Å². The largest absolute Gasteiger partial charge is 0.478 e. The van der Waals surface area contributed by atoms with Gasteiger partial charge in [-0.25, -0.2) is 4.79 Å². The summed E-state index contributed by atoms with van der Waals surface area (Å²) in [6.07, 6.45) is 0.828. The van der Waals surface area contributed by atoms with Gasteiger partial charge in [0.2, 0.25) is 0 Å². The number of carboxylic acids is 1. The topological polar surface area (TPSA) is 54.4 Å². The number of benzene rings is 4. The highest BCUT2D eigenvalue weighted by Gasteiger charge is 1.99. The molecule has 3 nitrogen and oxygen atoms in total. The molecule has 0 saturated heterocycles. The number of aldehydes is 1. The Kier molecular flexibility index (Phi) is 8.37. The van der Waals surface area contributed by atoms with E-state index in [1.54, 1.807) is 36.4 Å². The average molecular weight is 428 g/mol. The van der Waals surface area contributed by atoms with Gasteiger partial charge in [0.15, 0.2) is 0 Å². The second kappa shape index (κ2) is 12.1. The fourth-order valence-electron chi connectivity index (χ4n) is 2.67. The number of rotatable bonds is 2. The summed E-state index contributed by atoms with van der Waals surface area (Å²) in [7, 11) is 0. The summed E-state index contributed by atoms with van der Waals surface area (Å²) in [6, 6.07) is 33.2. The molecule has 0 spiro atoms. The quantitative estimate of drug-likeness (QED) is 0.330. The van der Waals surface area contributed by atoms with Crippen molar-refractivity contribution < 1.29 is 14.7 Å². The third-order valence-corrected chi connectivity index (χ3v) is 4.43. The van der Waals surface area contributed by atoms with Crippen LogP contribution in [0.5, 0.6) is 0 Å². The van der Waals surface area contributed by atoms with E-state index in [1.807, 2.05) is 72.8 Å². The first-order chi connectivity index (χ1) is 16.1. The molecule has 0 bridgehead atoms. The summed E-state index contributed by atoms with van der Waals surface area (Å²) in [5.41, 5.74) is 4.59. The lowest BCUT2D eigenvalue weighted by Crippen LogP contribution is -1.94. The van der Waals surface area contributed by atoms with Gasteiger partial charge < -0.3 is 5.11 Å². The maximum atomic E-state index is 10.7. The Morgan fingerprint density at radius 3 is 1.27 bits per heavy atom. The van der Waals surface area contributed by atoms with Crippen LogP contribution < -0.4 is 0 Å². The van der Waals surface area contributed by atoms with Crippen molar-refractivity contribution in [3.05, 3.63) is 143 Å². The van der Waals surface area contributed by atoms with Crippen molar-refractivity contribution in [2.45, 2.75) is 0 Å². The van der Waals surface area contributed by atoms with Crippen molar-refractivity contribution in [1.82, 2.24) is 0 Å². The normalized spacial score (nSPS) is 9.09. The van der Waals surface area contributed by atoms with Crippen LogP contribution in [0.1, 0.15) is 43.0 Å². The van der Waals surface area contributed by atoms with Crippen molar-refractivity contribution in [1.29, 1.82) is 0 Å². The zero-order valence-corrected chi connectivity index (χ0v) is 17.7. The molecule has 0 aliphatic heterocycles. The molecule has 0 amide bonds. The van der Waals surface area contributed by atoms with Gasteiger partial charge in [-0.1, -0.05) is 72.2 Å². The van der Waals surface area contributed by atoms with E-state index in [9.17, 15) is 9.59 Å². The highest BCUT2D eigenvalue weighted by molar-refractivity contribution is 5.87. The molecular formula is C30H20O3. The molecule has 158 valence electrons. The van der Waals surface area contributed by atoms with E-state index >= 15 is 0 Å². The molecule has 33 heavy (non-hydrogen) atoms. The molecular weight excluding hydrogens is 408 g/mol. The molecule has 0 saturated carbocycles. The Labute approximate surface area is 193 Å². The monoisotopic (exact) mass is 428 g/mol. The number of hydrogen-bond acceptors (Lipinski definition) is 2. The van der Waals surface area contributed by atoms with E-state index in [-0.39, 0.29) is 5.56 Å². The van der Waals surface area contributed by atoms with Gasteiger partial charge in [-0.15, -0.1) is 0 Å². The summed E-state index contributed by atoms with van der Waals surface area (Å²) >= 11 is 0. The highest BCUT2D eigenvalue weighted by Crippen LogP contribution is 2.04. The predicted molar refractivity (Wildman–Crippen MR) is 130 cm³/mol. The number of carbonyl (C=O) groups is 2. The van der Waals surface area contributed by atoms with E-state index in [0.29, 0.717) is 5.56 Å². The minimum Gasteiger partial charge on any atom is -0.478 e. The summed E-state index contributed by atoms with van der Waals surface area (Å²) in [6.45, 7) is 0. The summed E-state index contributed by atoms with van der Waals surface area (Å²) in [5.74, 6) is 11.2. The van der Waals surface area contributed by atoms with Gasteiger partial charge in [-0.05, 0) is 60.7 Å². The van der Waals surface area contributed by atoms with Gasteiger partial charge in [0.1, 0.15) is 6.29 Å². The van der Waals surface area contributed by atoms with Crippen molar-refractivity contribution >= 4 is 12.3 Å². The van der Waals surface area contributed by atoms with Crippen LogP contribution in [0.15, 0.2) is 109 Å². The average Bonchev–Trinajstić information content (AvgIpc) is 2.88. The summed E-state index contributed by atoms with van der Waals surface area (Å²) in [4.78, 5) is 21.1. The number of carbonyl (C=O) groups excluding carboxylic acids is 1. The molecule has 0 unspecified atom stereocenters. The molecule has 0 heterocycles. The van der Waals surface area contributed by atoms with E-state index in [2.05, 4.69) is 23.7 Å². The van der Waals surface area contributed by atoms with Gasteiger partial charge in [0, 0.05) is 27.8 Å². The van der Waals surface area contributed by atoms with E-state index < -0.39 is 5.97 Å². The highest BCUT2D eigenvalue weighted by atomic mass is 16.4. The Bertz CT molecular complexity index is 1320. The molecule has 4 aromatic rings. The van der Waals surface area contributed by atoms with Crippen LogP contribution in [0.3, 0.4) is 0 Å². The molecule has 4 rings (SSSR count). The second-order valence-electron chi connectivity index (χ2n) is 6.85. The van der Waals surface area contributed by atoms with Crippen LogP contribution in [-0.4, -0.2) is 17.4 Å². The third-order valence-electron chi connectivity index (χ3n) is 4.43. The maximum absolute atomic E-state index is 10.7.